The third kappa shape index (κ3) is 3.02. The number of phenols is 1. The van der Waals surface area contributed by atoms with Crippen LogP contribution in [0.5, 0.6) is 5.75 Å². The molecule has 0 aromatic heterocycles. The number of carbonyl (C=O) groups is 2. The molecule has 0 saturated carbocycles. The molecule has 0 spiro atoms. The molecule has 20 heavy (non-hydrogen) atoms. The number of para-hydroxylation sites is 1. The zero-order valence-electron chi connectivity index (χ0n) is 10.7. The molecule has 3 N–H and O–H groups in total. The molecule has 5 nitrogen and oxygen atoms in total. The smallest absolute Gasteiger partial charge is 0.278 e. The van der Waals surface area contributed by atoms with Crippen molar-refractivity contribution in [1.82, 2.24) is 5.01 Å². The summed E-state index contributed by atoms with van der Waals surface area (Å²) < 4.78 is 0. The van der Waals surface area contributed by atoms with E-state index in [1.165, 1.54) is 12.1 Å². The van der Waals surface area contributed by atoms with Crippen LogP contribution in [0.3, 0.4) is 0 Å². The first-order valence-corrected chi connectivity index (χ1v) is 6.03. The minimum Gasteiger partial charge on any atom is -0.507 e. The number of benzene rings is 2. The van der Waals surface area contributed by atoms with Crippen molar-refractivity contribution >= 4 is 11.8 Å². The lowest BCUT2D eigenvalue weighted by atomic mass is 10.1. The van der Waals surface area contributed by atoms with Crippen LogP contribution in [0.1, 0.15) is 15.9 Å². The number of hydrogen-bond acceptors (Lipinski definition) is 4. The van der Waals surface area contributed by atoms with Crippen molar-refractivity contribution in [2.24, 2.45) is 5.84 Å². The van der Waals surface area contributed by atoms with E-state index >= 15 is 0 Å². The van der Waals surface area contributed by atoms with Crippen LogP contribution < -0.4 is 5.84 Å². The van der Waals surface area contributed by atoms with E-state index in [1.54, 1.807) is 36.4 Å². The Balaban J connectivity index is 2.11. The summed E-state index contributed by atoms with van der Waals surface area (Å²) in [4.78, 5) is 24.0. The third-order valence-electron chi connectivity index (χ3n) is 2.82. The summed E-state index contributed by atoms with van der Waals surface area (Å²) in [5.74, 6) is 4.05. The molecule has 102 valence electrons. The molecule has 0 aliphatic rings. The minimum atomic E-state index is -0.732. The number of nitrogens with two attached hydrogens (primary N) is 1. The second-order valence-corrected chi connectivity index (χ2v) is 4.25. The average Bonchev–Trinajstić information content (AvgIpc) is 2.47. The molecule has 0 heterocycles. The van der Waals surface area contributed by atoms with Crippen LogP contribution in [-0.2, 0) is 11.2 Å². The maximum absolute atomic E-state index is 12.0. The number of carbonyl (C=O) groups excluding carboxylic acids is 2. The van der Waals surface area contributed by atoms with Gasteiger partial charge in [0.1, 0.15) is 5.75 Å². The predicted octanol–water partition coefficient (Wildman–Crippen LogP) is 1.48. The molecule has 0 aliphatic carbocycles. The van der Waals surface area contributed by atoms with E-state index in [-0.39, 0.29) is 17.7 Å². The van der Waals surface area contributed by atoms with Crippen molar-refractivity contribution in [3.05, 3.63) is 65.7 Å². The summed E-state index contributed by atoms with van der Waals surface area (Å²) in [6, 6.07) is 14.9. The van der Waals surface area contributed by atoms with Crippen LogP contribution in [0.25, 0.3) is 0 Å². The van der Waals surface area contributed by atoms with E-state index in [2.05, 4.69) is 0 Å². The summed E-state index contributed by atoms with van der Waals surface area (Å²) in [6.07, 6.45) is 0.0245. The fourth-order valence-corrected chi connectivity index (χ4v) is 1.75. The van der Waals surface area contributed by atoms with Gasteiger partial charge in [0, 0.05) is 0 Å². The Kier molecular flexibility index (Phi) is 4.12. The highest BCUT2D eigenvalue weighted by atomic mass is 16.3. The van der Waals surface area contributed by atoms with Gasteiger partial charge in [0.2, 0.25) is 5.91 Å². The van der Waals surface area contributed by atoms with Crippen molar-refractivity contribution in [3.63, 3.8) is 0 Å². The van der Waals surface area contributed by atoms with E-state index < -0.39 is 11.8 Å². The molecule has 0 atom stereocenters. The van der Waals surface area contributed by atoms with Gasteiger partial charge >= 0.3 is 0 Å². The van der Waals surface area contributed by atoms with Gasteiger partial charge in [-0.3, -0.25) is 9.59 Å². The highest BCUT2D eigenvalue weighted by molar-refractivity contribution is 6.05. The minimum absolute atomic E-state index is 0.00332. The van der Waals surface area contributed by atoms with Crippen molar-refractivity contribution in [1.29, 1.82) is 0 Å². The lowest BCUT2D eigenvalue weighted by Gasteiger charge is -2.15. The Bertz CT molecular complexity index is 626. The summed E-state index contributed by atoms with van der Waals surface area (Å²) in [7, 11) is 0. The Morgan fingerprint density at radius 1 is 1.00 bits per heavy atom. The van der Waals surface area contributed by atoms with E-state index in [1.807, 2.05) is 6.07 Å². The number of hydrazine groups is 1. The number of hydrogen-bond donors (Lipinski definition) is 2. The van der Waals surface area contributed by atoms with Crippen LogP contribution in [0.4, 0.5) is 0 Å². The molecule has 2 amide bonds. The number of imide groups is 1. The van der Waals surface area contributed by atoms with E-state index in [4.69, 9.17) is 5.84 Å². The molecular weight excluding hydrogens is 256 g/mol. The van der Waals surface area contributed by atoms with Gasteiger partial charge in [-0.1, -0.05) is 42.5 Å². The molecular formula is C15H14N2O3. The van der Waals surface area contributed by atoms with Gasteiger partial charge in [-0.2, -0.15) is 0 Å². The molecule has 0 bridgehead atoms. The number of phenolic OH excluding ortho intramolecular Hbond substituents is 1. The second-order valence-electron chi connectivity index (χ2n) is 4.25. The maximum atomic E-state index is 12.0. The summed E-state index contributed by atoms with van der Waals surface area (Å²) in [6.45, 7) is 0. The highest BCUT2D eigenvalue weighted by Gasteiger charge is 2.21. The second kappa shape index (κ2) is 5.99. The molecule has 5 heteroatoms. The van der Waals surface area contributed by atoms with Gasteiger partial charge in [-0.15, -0.1) is 0 Å². The fraction of sp³-hybridized carbons (Fsp3) is 0.0667. The number of nitrogens with zero attached hydrogens (tertiary/aromatic N) is 1. The third-order valence-corrected chi connectivity index (χ3v) is 2.82. The summed E-state index contributed by atoms with van der Waals surface area (Å²) in [5.41, 5.74) is 0.759. The van der Waals surface area contributed by atoms with Crippen LogP contribution in [-0.4, -0.2) is 21.9 Å². The first-order chi connectivity index (χ1) is 9.59. The monoisotopic (exact) mass is 270 g/mol. The Morgan fingerprint density at radius 3 is 2.25 bits per heavy atom. The zero-order chi connectivity index (χ0) is 14.5. The van der Waals surface area contributed by atoms with E-state index in [0.717, 1.165) is 5.56 Å². The molecule has 0 saturated heterocycles. The summed E-state index contributed by atoms with van der Waals surface area (Å²) >= 11 is 0. The SMILES string of the molecule is NN(C(=O)Cc1ccccc1)C(=O)c1ccccc1O. The lowest BCUT2D eigenvalue weighted by molar-refractivity contribution is -0.128. The highest BCUT2D eigenvalue weighted by Crippen LogP contribution is 2.17. The number of rotatable bonds is 3. The normalized spacial score (nSPS) is 10.1. The predicted molar refractivity (Wildman–Crippen MR) is 73.6 cm³/mol. The Hall–Kier alpha value is -2.66. The van der Waals surface area contributed by atoms with Gasteiger partial charge in [-0.05, 0) is 17.7 Å². The fourth-order valence-electron chi connectivity index (χ4n) is 1.75. The Labute approximate surface area is 116 Å². The lowest BCUT2D eigenvalue weighted by Crippen LogP contribution is -2.43. The van der Waals surface area contributed by atoms with Crippen molar-refractivity contribution in [2.45, 2.75) is 6.42 Å². The van der Waals surface area contributed by atoms with Crippen LogP contribution in [0.15, 0.2) is 54.6 Å². The van der Waals surface area contributed by atoms with E-state index in [0.29, 0.717) is 5.01 Å². The first-order valence-electron chi connectivity index (χ1n) is 6.03. The molecule has 0 aliphatic heterocycles. The van der Waals surface area contributed by atoms with Crippen molar-refractivity contribution in [3.8, 4) is 5.75 Å². The average molecular weight is 270 g/mol. The number of amides is 2. The zero-order valence-corrected chi connectivity index (χ0v) is 10.7. The molecule has 0 unspecified atom stereocenters. The van der Waals surface area contributed by atoms with Gasteiger partial charge < -0.3 is 5.11 Å². The largest absolute Gasteiger partial charge is 0.507 e. The molecule has 0 fully saturated rings. The van der Waals surface area contributed by atoms with Crippen molar-refractivity contribution in [2.75, 3.05) is 0 Å². The van der Waals surface area contributed by atoms with Gasteiger partial charge in [0.05, 0.1) is 12.0 Å². The number of aromatic hydroxyl groups is 1. The van der Waals surface area contributed by atoms with Gasteiger partial charge in [0.25, 0.3) is 5.91 Å². The quantitative estimate of drug-likeness (QED) is 0.502. The standard InChI is InChI=1S/C15H14N2O3/c16-17(14(19)10-11-6-2-1-3-7-11)15(20)12-8-4-5-9-13(12)18/h1-9,18H,10,16H2. The maximum Gasteiger partial charge on any atom is 0.278 e. The Morgan fingerprint density at radius 2 is 1.60 bits per heavy atom. The summed E-state index contributed by atoms with van der Waals surface area (Å²) in [5, 5.41) is 10.1. The van der Waals surface area contributed by atoms with Crippen LogP contribution in [0.2, 0.25) is 0 Å². The van der Waals surface area contributed by atoms with E-state index in [9.17, 15) is 14.7 Å². The van der Waals surface area contributed by atoms with Crippen LogP contribution in [0, 0.1) is 0 Å². The van der Waals surface area contributed by atoms with Crippen LogP contribution >= 0.6 is 0 Å². The molecule has 2 aromatic rings. The van der Waals surface area contributed by atoms with Gasteiger partial charge in [-0.25, -0.2) is 10.9 Å². The van der Waals surface area contributed by atoms with Crippen molar-refractivity contribution < 1.29 is 14.7 Å². The van der Waals surface area contributed by atoms with Gasteiger partial charge in [0.15, 0.2) is 0 Å². The molecule has 2 aromatic carbocycles. The first kappa shape index (κ1) is 13.8. The molecule has 2 rings (SSSR count). The topological polar surface area (TPSA) is 83.6 Å². The molecule has 0 radical (unpaired) electrons.